The van der Waals surface area contributed by atoms with Crippen LogP contribution in [0.2, 0.25) is 0 Å². The number of hydrogen-bond acceptors (Lipinski definition) is 15. The van der Waals surface area contributed by atoms with Gasteiger partial charge in [0.25, 0.3) is 0 Å². The van der Waals surface area contributed by atoms with Crippen molar-refractivity contribution in [2.75, 3.05) is 39.6 Å². The molecule has 0 aromatic carbocycles. The van der Waals surface area contributed by atoms with Gasteiger partial charge in [0.15, 0.2) is 12.2 Å². The number of unbranched alkanes of at least 4 members (excludes halogenated alkanes) is 45. The summed E-state index contributed by atoms with van der Waals surface area (Å²) in [5.41, 5.74) is 0. The normalized spacial score (nSPS) is 14.0. The van der Waals surface area contributed by atoms with Crippen molar-refractivity contribution >= 4 is 39.5 Å². The van der Waals surface area contributed by atoms with Crippen LogP contribution >= 0.6 is 15.6 Å². The van der Waals surface area contributed by atoms with E-state index in [9.17, 15) is 43.2 Å². The third kappa shape index (κ3) is 66.7. The predicted octanol–water partition coefficient (Wildman–Crippen LogP) is 21.3. The number of carbonyl (C=O) groups excluding carboxylic acids is 4. The molecule has 0 amide bonds. The van der Waals surface area contributed by atoms with Crippen molar-refractivity contribution in [3.63, 3.8) is 0 Å². The number of phosphoric acid groups is 2. The lowest BCUT2D eigenvalue weighted by Crippen LogP contribution is -2.30. The van der Waals surface area contributed by atoms with Crippen LogP contribution in [0.3, 0.4) is 0 Å². The summed E-state index contributed by atoms with van der Waals surface area (Å²) in [4.78, 5) is 72.6. The van der Waals surface area contributed by atoms with Crippen molar-refractivity contribution in [1.29, 1.82) is 0 Å². The summed E-state index contributed by atoms with van der Waals surface area (Å²) in [6, 6.07) is 0. The van der Waals surface area contributed by atoms with Gasteiger partial charge in [0.2, 0.25) is 0 Å². The van der Waals surface area contributed by atoms with Crippen molar-refractivity contribution in [1.82, 2.24) is 0 Å². The van der Waals surface area contributed by atoms with E-state index in [-0.39, 0.29) is 25.7 Å². The highest BCUT2D eigenvalue weighted by Gasteiger charge is 2.30. The second kappa shape index (κ2) is 66.3. The van der Waals surface area contributed by atoms with Crippen molar-refractivity contribution in [2.24, 2.45) is 5.92 Å². The first kappa shape index (κ1) is 90.1. The van der Waals surface area contributed by atoms with Crippen LogP contribution in [0, 0.1) is 5.92 Å². The lowest BCUT2D eigenvalue weighted by molar-refractivity contribution is -0.161. The molecule has 17 nitrogen and oxygen atoms in total. The first-order chi connectivity index (χ1) is 44.5. The third-order valence-corrected chi connectivity index (χ3v) is 18.9. The molecule has 0 aliphatic carbocycles. The molecular formula is C73H142O17P2. The largest absolute Gasteiger partial charge is 0.472 e. The van der Waals surface area contributed by atoms with Crippen molar-refractivity contribution in [3.05, 3.63) is 0 Å². The summed E-state index contributed by atoms with van der Waals surface area (Å²) in [6.07, 6.45) is 53.9. The number of aliphatic hydroxyl groups excluding tert-OH is 1. The number of carbonyl (C=O) groups is 4. The molecule has 92 heavy (non-hydrogen) atoms. The van der Waals surface area contributed by atoms with Gasteiger partial charge in [-0.05, 0) is 31.6 Å². The molecule has 0 fully saturated rings. The summed E-state index contributed by atoms with van der Waals surface area (Å²) in [7, 11) is -9.90. The summed E-state index contributed by atoms with van der Waals surface area (Å²) < 4.78 is 68.4. The quantitative estimate of drug-likeness (QED) is 0.0222. The van der Waals surface area contributed by atoms with Gasteiger partial charge in [-0.25, -0.2) is 9.13 Å². The average molecular weight is 1350 g/mol. The molecule has 0 aliphatic rings. The van der Waals surface area contributed by atoms with E-state index in [0.717, 1.165) is 95.8 Å². The zero-order valence-electron chi connectivity index (χ0n) is 59.7. The maximum absolute atomic E-state index is 13.1. The van der Waals surface area contributed by atoms with Crippen LogP contribution in [0.15, 0.2) is 0 Å². The monoisotopic (exact) mass is 1350 g/mol. The van der Waals surface area contributed by atoms with Crippen molar-refractivity contribution in [3.8, 4) is 0 Å². The molecule has 0 radical (unpaired) electrons. The molecule has 3 N–H and O–H groups in total. The number of rotatable bonds is 73. The number of aliphatic hydroxyl groups is 1. The standard InChI is InChI=1S/C73H142O17P2/c1-6-9-12-15-18-21-23-27-32-37-42-47-52-57-71(76)84-63-69(90-73(78)59-54-49-44-39-34-30-26-25-29-31-36-40-45-50-55-66(4)5)65-88-92(81,82)86-61-67(74)60-85-91(79,80)87-64-68(62-83-70(75)56-51-46-41-35-20-17-14-11-8-3)89-72(77)58-53-48-43-38-33-28-24-22-19-16-13-10-7-2/h66-69,74H,6-65H2,1-5H3,(H,79,80)(H,81,82)/t67-,68+,69+/m0/s1. The first-order valence-electron chi connectivity index (χ1n) is 38.1. The highest BCUT2D eigenvalue weighted by atomic mass is 31.2. The van der Waals surface area contributed by atoms with Gasteiger partial charge in [-0.15, -0.1) is 0 Å². The highest BCUT2D eigenvalue weighted by molar-refractivity contribution is 7.47. The number of esters is 4. The minimum Gasteiger partial charge on any atom is -0.462 e. The molecule has 0 rings (SSSR count). The Morgan fingerprint density at radius 2 is 0.500 bits per heavy atom. The summed E-state index contributed by atoms with van der Waals surface area (Å²) in [5.74, 6) is -1.32. The molecule has 0 aromatic rings. The Balaban J connectivity index is 5.23. The van der Waals surface area contributed by atoms with Gasteiger partial charge in [-0.1, -0.05) is 330 Å². The van der Waals surface area contributed by atoms with E-state index in [1.165, 1.54) is 205 Å². The molecule has 0 bridgehead atoms. The zero-order chi connectivity index (χ0) is 67.7. The molecule has 0 spiro atoms. The van der Waals surface area contributed by atoms with E-state index in [2.05, 4.69) is 34.6 Å². The third-order valence-electron chi connectivity index (χ3n) is 17.0. The van der Waals surface area contributed by atoms with Crippen LogP contribution in [-0.2, 0) is 65.4 Å². The van der Waals surface area contributed by atoms with E-state index in [1.54, 1.807) is 0 Å². The van der Waals surface area contributed by atoms with E-state index in [1.807, 2.05) is 0 Å². The van der Waals surface area contributed by atoms with E-state index < -0.39 is 97.5 Å². The maximum Gasteiger partial charge on any atom is 0.472 e. The van der Waals surface area contributed by atoms with Crippen molar-refractivity contribution < 1.29 is 80.2 Å². The molecule has 0 saturated heterocycles. The van der Waals surface area contributed by atoms with Gasteiger partial charge in [0.05, 0.1) is 26.4 Å². The summed E-state index contributed by atoms with van der Waals surface area (Å²) in [6.45, 7) is 7.28. The zero-order valence-corrected chi connectivity index (χ0v) is 61.5. The smallest absolute Gasteiger partial charge is 0.462 e. The minimum atomic E-state index is -4.95. The van der Waals surface area contributed by atoms with E-state index in [4.69, 9.17) is 37.0 Å². The van der Waals surface area contributed by atoms with Crippen LogP contribution in [0.1, 0.15) is 381 Å². The van der Waals surface area contributed by atoms with Gasteiger partial charge >= 0.3 is 39.5 Å². The number of hydrogen-bond donors (Lipinski definition) is 3. The molecule has 546 valence electrons. The topological polar surface area (TPSA) is 237 Å². The summed E-state index contributed by atoms with van der Waals surface area (Å²) >= 11 is 0. The minimum absolute atomic E-state index is 0.108. The predicted molar refractivity (Wildman–Crippen MR) is 372 cm³/mol. The van der Waals surface area contributed by atoms with Crippen LogP contribution in [0.4, 0.5) is 0 Å². The van der Waals surface area contributed by atoms with Crippen LogP contribution in [-0.4, -0.2) is 96.7 Å². The second-order valence-electron chi connectivity index (χ2n) is 26.8. The summed E-state index contributed by atoms with van der Waals surface area (Å²) in [5, 5.41) is 10.6. The van der Waals surface area contributed by atoms with Gasteiger partial charge in [-0.3, -0.25) is 37.3 Å². The van der Waals surface area contributed by atoms with Crippen LogP contribution in [0.5, 0.6) is 0 Å². The fraction of sp³-hybridized carbons (Fsp3) is 0.945. The van der Waals surface area contributed by atoms with Crippen molar-refractivity contribution in [2.45, 2.75) is 400 Å². The second-order valence-corrected chi connectivity index (χ2v) is 29.7. The Labute approximate surface area is 562 Å². The maximum atomic E-state index is 13.1. The molecule has 0 aliphatic heterocycles. The highest BCUT2D eigenvalue weighted by Crippen LogP contribution is 2.45. The van der Waals surface area contributed by atoms with Crippen LogP contribution < -0.4 is 0 Å². The van der Waals surface area contributed by atoms with Gasteiger partial charge in [0.1, 0.15) is 19.3 Å². The van der Waals surface area contributed by atoms with Gasteiger partial charge in [-0.2, -0.15) is 0 Å². The molecule has 0 heterocycles. The van der Waals surface area contributed by atoms with Gasteiger partial charge < -0.3 is 33.8 Å². The number of ether oxygens (including phenoxy) is 4. The first-order valence-corrected chi connectivity index (χ1v) is 41.1. The molecule has 19 heteroatoms. The average Bonchev–Trinajstić information content (AvgIpc) is 1.58. The molecule has 2 unspecified atom stereocenters. The Hall–Kier alpha value is -1.94. The lowest BCUT2D eigenvalue weighted by Gasteiger charge is -2.21. The fourth-order valence-corrected chi connectivity index (χ4v) is 12.8. The molecule has 0 saturated carbocycles. The van der Waals surface area contributed by atoms with E-state index >= 15 is 0 Å². The fourth-order valence-electron chi connectivity index (χ4n) is 11.2. The van der Waals surface area contributed by atoms with Gasteiger partial charge in [0, 0.05) is 25.7 Å². The lowest BCUT2D eigenvalue weighted by atomic mass is 10.0. The van der Waals surface area contributed by atoms with Crippen LogP contribution in [0.25, 0.3) is 0 Å². The Kier molecular flexibility index (Phi) is 64.9. The Morgan fingerprint density at radius 3 is 0.739 bits per heavy atom. The molecular weight excluding hydrogens is 1210 g/mol. The Bertz CT molecular complexity index is 1770. The molecule has 0 aromatic heterocycles. The Morgan fingerprint density at radius 1 is 0.293 bits per heavy atom. The van der Waals surface area contributed by atoms with E-state index in [0.29, 0.717) is 25.7 Å². The SMILES string of the molecule is CCCCCCCCCCCCCCCC(=O)OC[C@H](COP(=O)(O)OC[C@@H](O)COP(=O)(O)OC[C@@H](COC(=O)CCCCCCCCCCC)OC(=O)CCCCCCCCCCCCCCC)OC(=O)CCCCCCCCCCCCCCCCC(C)C. The molecule has 5 atom stereocenters. The number of phosphoric ester groups is 2.